The van der Waals surface area contributed by atoms with Crippen LogP contribution in [0.15, 0.2) is 0 Å². The molecule has 0 bridgehead atoms. The fourth-order valence-electron chi connectivity index (χ4n) is 1.03. The summed E-state index contributed by atoms with van der Waals surface area (Å²) in [4.78, 5) is 11.3. The molecule has 4 nitrogen and oxygen atoms in total. The summed E-state index contributed by atoms with van der Waals surface area (Å²) in [6.45, 7) is 4.95. The van der Waals surface area contributed by atoms with E-state index in [1.165, 1.54) is 0 Å². The van der Waals surface area contributed by atoms with Gasteiger partial charge in [0.1, 0.15) is 0 Å². The normalized spacial score (nSPS) is 11.1. The molecule has 6 heteroatoms. The van der Waals surface area contributed by atoms with E-state index >= 15 is 0 Å². The minimum Gasteiger partial charge on any atom is -0.323 e. The second-order valence-corrected chi connectivity index (χ2v) is 3.55. The van der Waals surface area contributed by atoms with Gasteiger partial charge < -0.3 is 5.32 Å². The highest BCUT2D eigenvalue weighted by Gasteiger charge is 2.21. The summed E-state index contributed by atoms with van der Waals surface area (Å²) in [5.41, 5.74) is 0.101. The van der Waals surface area contributed by atoms with Gasteiger partial charge in [-0.05, 0) is 6.92 Å². The maximum atomic E-state index is 12.5. The van der Waals surface area contributed by atoms with E-state index in [0.29, 0.717) is 5.69 Å². The summed E-state index contributed by atoms with van der Waals surface area (Å²) >= 11 is 0. The Balaban J connectivity index is 2.93. The van der Waals surface area contributed by atoms with E-state index in [-0.39, 0.29) is 17.5 Å². The number of H-pyrrole nitrogens is 1. The topological polar surface area (TPSA) is 57.8 Å². The zero-order valence-electron chi connectivity index (χ0n) is 8.77. The average molecular weight is 217 g/mol. The minimum atomic E-state index is -2.70. The number of rotatable bonds is 3. The fraction of sp³-hybridized carbons (Fsp3) is 0.556. The molecule has 1 amide bonds. The molecule has 0 aromatic carbocycles. The number of halogens is 2. The van der Waals surface area contributed by atoms with Crippen LogP contribution in [0.5, 0.6) is 0 Å². The van der Waals surface area contributed by atoms with Crippen molar-refractivity contribution >= 4 is 11.6 Å². The third-order valence-electron chi connectivity index (χ3n) is 1.95. The molecule has 0 saturated heterocycles. The molecule has 0 aliphatic carbocycles. The molecular formula is C9H13F2N3O. The van der Waals surface area contributed by atoms with Crippen molar-refractivity contribution in [3.8, 4) is 0 Å². The van der Waals surface area contributed by atoms with Crippen molar-refractivity contribution in [3.05, 3.63) is 11.4 Å². The molecule has 0 saturated carbocycles. The van der Waals surface area contributed by atoms with Gasteiger partial charge >= 0.3 is 0 Å². The lowest BCUT2D eigenvalue weighted by Crippen LogP contribution is -2.18. The Morgan fingerprint density at radius 3 is 2.53 bits per heavy atom. The van der Waals surface area contributed by atoms with Gasteiger partial charge in [0.05, 0.1) is 11.4 Å². The van der Waals surface area contributed by atoms with Gasteiger partial charge in [0.2, 0.25) is 5.91 Å². The maximum absolute atomic E-state index is 12.5. The number of aryl methyl sites for hydroxylation is 1. The van der Waals surface area contributed by atoms with Crippen molar-refractivity contribution in [1.82, 2.24) is 10.2 Å². The zero-order valence-corrected chi connectivity index (χ0v) is 8.77. The fourth-order valence-corrected chi connectivity index (χ4v) is 1.03. The summed E-state index contributed by atoms with van der Waals surface area (Å²) in [6, 6.07) is 0. The van der Waals surface area contributed by atoms with E-state index in [2.05, 4.69) is 15.5 Å². The van der Waals surface area contributed by atoms with E-state index in [4.69, 9.17) is 0 Å². The Bertz CT molecular complexity index is 360. The van der Waals surface area contributed by atoms with Gasteiger partial charge in [-0.25, -0.2) is 8.78 Å². The SMILES string of the molecule is Cc1[nH]nc(C(F)F)c1NC(=O)C(C)C. The molecule has 1 aromatic heterocycles. The van der Waals surface area contributed by atoms with Crippen molar-refractivity contribution in [2.75, 3.05) is 5.32 Å². The van der Waals surface area contributed by atoms with Gasteiger partial charge in [0.15, 0.2) is 5.69 Å². The number of carbonyl (C=O) groups is 1. The predicted molar refractivity (Wildman–Crippen MR) is 51.7 cm³/mol. The quantitative estimate of drug-likeness (QED) is 0.815. The number of nitrogens with zero attached hydrogens (tertiary/aromatic N) is 1. The number of hydrogen-bond donors (Lipinski definition) is 2. The van der Waals surface area contributed by atoms with E-state index in [1.54, 1.807) is 20.8 Å². The molecule has 2 N–H and O–H groups in total. The van der Waals surface area contributed by atoms with Crippen molar-refractivity contribution in [1.29, 1.82) is 0 Å². The Morgan fingerprint density at radius 2 is 2.07 bits per heavy atom. The van der Waals surface area contributed by atoms with Gasteiger partial charge in [-0.3, -0.25) is 9.89 Å². The first-order chi connectivity index (χ1) is 6.93. The van der Waals surface area contributed by atoms with Gasteiger partial charge in [-0.2, -0.15) is 5.10 Å². The molecule has 0 aliphatic rings. The smallest absolute Gasteiger partial charge is 0.284 e. The number of aromatic nitrogens is 2. The van der Waals surface area contributed by atoms with Crippen LogP contribution in [0.3, 0.4) is 0 Å². The summed E-state index contributed by atoms with van der Waals surface area (Å²) in [7, 11) is 0. The van der Waals surface area contributed by atoms with Crippen LogP contribution in [0, 0.1) is 12.8 Å². The van der Waals surface area contributed by atoms with Crippen LogP contribution in [-0.4, -0.2) is 16.1 Å². The van der Waals surface area contributed by atoms with E-state index in [1.807, 2.05) is 0 Å². The number of nitrogens with one attached hydrogen (secondary N) is 2. The molecule has 0 fully saturated rings. The summed E-state index contributed by atoms with van der Waals surface area (Å²) < 4.78 is 24.9. The first kappa shape index (κ1) is 11.6. The number of hydrogen-bond acceptors (Lipinski definition) is 2. The Hall–Kier alpha value is -1.46. The summed E-state index contributed by atoms with van der Waals surface area (Å²) in [5, 5.41) is 8.28. The van der Waals surface area contributed by atoms with E-state index in [0.717, 1.165) is 0 Å². The number of alkyl halides is 2. The molecule has 1 rings (SSSR count). The summed E-state index contributed by atoms with van der Waals surface area (Å²) in [6.07, 6.45) is -2.70. The summed E-state index contributed by atoms with van der Waals surface area (Å²) in [5.74, 6) is -0.564. The Labute approximate surface area is 86.1 Å². The third kappa shape index (κ3) is 2.51. The Kier molecular flexibility index (Phi) is 3.39. The number of anilines is 1. The van der Waals surface area contributed by atoms with Crippen molar-refractivity contribution in [2.24, 2.45) is 5.92 Å². The number of carbonyl (C=O) groups excluding carboxylic acids is 1. The number of amides is 1. The predicted octanol–water partition coefficient (Wildman–Crippen LogP) is 2.25. The van der Waals surface area contributed by atoms with Crippen LogP contribution in [0.4, 0.5) is 14.5 Å². The van der Waals surface area contributed by atoms with Gasteiger partial charge in [-0.15, -0.1) is 0 Å². The first-order valence-electron chi connectivity index (χ1n) is 4.57. The molecule has 0 unspecified atom stereocenters. The van der Waals surface area contributed by atoms with Crippen LogP contribution < -0.4 is 5.32 Å². The van der Waals surface area contributed by atoms with Gasteiger partial charge in [0.25, 0.3) is 6.43 Å². The lowest BCUT2D eigenvalue weighted by Gasteiger charge is -2.08. The third-order valence-corrected chi connectivity index (χ3v) is 1.95. The van der Waals surface area contributed by atoms with Crippen molar-refractivity contribution in [2.45, 2.75) is 27.2 Å². The molecule has 0 atom stereocenters. The lowest BCUT2D eigenvalue weighted by atomic mass is 10.2. The largest absolute Gasteiger partial charge is 0.323 e. The maximum Gasteiger partial charge on any atom is 0.284 e. The zero-order chi connectivity index (χ0) is 11.6. The lowest BCUT2D eigenvalue weighted by molar-refractivity contribution is -0.118. The molecule has 0 aliphatic heterocycles. The monoisotopic (exact) mass is 217 g/mol. The molecular weight excluding hydrogens is 204 g/mol. The average Bonchev–Trinajstić information content (AvgIpc) is 2.48. The second kappa shape index (κ2) is 4.37. The van der Waals surface area contributed by atoms with E-state index < -0.39 is 12.1 Å². The molecule has 15 heavy (non-hydrogen) atoms. The van der Waals surface area contributed by atoms with Gasteiger partial charge in [0, 0.05) is 5.92 Å². The molecule has 0 spiro atoms. The van der Waals surface area contributed by atoms with Gasteiger partial charge in [-0.1, -0.05) is 13.8 Å². The van der Waals surface area contributed by atoms with E-state index in [9.17, 15) is 13.6 Å². The highest BCUT2D eigenvalue weighted by atomic mass is 19.3. The van der Waals surface area contributed by atoms with Crippen LogP contribution in [0.2, 0.25) is 0 Å². The Morgan fingerprint density at radius 1 is 1.47 bits per heavy atom. The first-order valence-corrected chi connectivity index (χ1v) is 4.57. The van der Waals surface area contributed by atoms with Crippen LogP contribution >= 0.6 is 0 Å². The highest BCUT2D eigenvalue weighted by molar-refractivity contribution is 5.93. The van der Waals surface area contributed by atoms with Crippen molar-refractivity contribution < 1.29 is 13.6 Å². The minimum absolute atomic E-state index is 0.0868. The highest BCUT2D eigenvalue weighted by Crippen LogP contribution is 2.27. The second-order valence-electron chi connectivity index (χ2n) is 3.55. The van der Waals surface area contributed by atoms with Crippen LogP contribution in [-0.2, 0) is 4.79 Å². The molecule has 1 aromatic rings. The van der Waals surface area contributed by atoms with Crippen molar-refractivity contribution in [3.63, 3.8) is 0 Å². The molecule has 0 radical (unpaired) electrons. The number of aromatic amines is 1. The van der Waals surface area contributed by atoms with Crippen LogP contribution in [0.1, 0.15) is 31.7 Å². The standard InChI is InChI=1S/C9H13F2N3O/c1-4(2)9(15)12-6-5(3)13-14-7(6)8(10)11/h4,8H,1-3H3,(H,12,15)(H,13,14). The molecule has 84 valence electrons. The van der Waals surface area contributed by atoms with Crippen LogP contribution in [0.25, 0.3) is 0 Å². The molecule has 1 heterocycles.